The molecule has 2 heterocycles. The van der Waals surface area contributed by atoms with Gasteiger partial charge in [-0.25, -0.2) is 4.79 Å². The lowest BCUT2D eigenvalue weighted by atomic mass is 9.89. The maximum atomic E-state index is 12.3. The quantitative estimate of drug-likeness (QED) is 0.418. The number of aryl methyl sites for hydroxylation is 1. The van der Waals surface area contributed by atoms with Crippen molar-refractivity contribution in [1.82, 2.24) is 15.1 Å². The van der Waals surface area contributed by atoms with Gasteiger partial charge in [0.2, 0.25) is 0 Å². The maximum Gasteiger partial charge on any atom is 0.410 e. The summed E-state index contributed by atoms with van der Waals surface area (Å²) in [5.41, 5.74) is 1.90. The molecule has 0 atom stereocenters. The molecule has 3 rings (SSSR count). The summed E-state index contributed by atoms with van der Waals surface area (Å²) in [4.78, 5) is 25.2. The molecule has 0 unspecified atom stereocenters. The van der Waals surface area contributed by atoms with Crippen LogP contribution < -0.4 is 0 Å². The van der Waals surface area contributed by atoms with Gasteiger partial charge in [-0.15, -0.1) is 10.2 Å². The highest BCUT2D eigenvalue weighted by molar-refractivity contribution is 7.14. The monoisotopic (exact) mass is 459 g/mol. The number of carbonyl (C=O) groups is 2. The number of ether oxygens (including phenoxy) is 2. The van der Waals surface area contributed by atoms with Gasteiger partial charge in [-0.2, -0.15) is 0 Å². The fourth-order valence-corrected chi connectivity index (χ4v) is 4.63. The van der Waals surface area contributed by atoms with Crippen LogP contribution >= 0.6 is 11.3 Å². The lowest BCUT2D eigenvalue weighted by Crippen LogP contribution is -2.41. The Morgan fingerprint density at radius 1 is 1.09 bits per heavy atom. The Labute approximate surface area is 194 Å². The van der Waals surface area contributed by atoms with E-state index in [0.717, 1.165) is 60.8 Å². The molecule has 1 aliphatic rings. The van der Waals surface area contributed by atoms with Crippen LogP contribution in [0.15, 0.2) is 24.3 Å². The first-order chi connectivity index (χ1) is 15.2. The van der Waals surface area contributed by atoms with E-state index in [0.29, 0.717) is 12.3 Å². The highest BCUT2D eigenvalue weighted by atomic mass is 32.1. The molecule has 0 bridgehead atoms. The van der Waals surface area contributed by atoms with E-state index in [2.05, 4.69) is 39.2 Å². The fraction of sp³-hybridized carbons (Fsp3) is 0.583. The van der Waals surface area contributed by atoms with Gasteiger partial charge in [-0.05, 0) is 57.9 Å². The van der Waals surface area contributed by atoms with Gasteiger partial charge in [-0.1, -0.05) is 35.6 Å². The molecule has 174 valence electrons. The van der Waals surface area contributed by atoms with Crippen molar-refractivity contribution in [3.63, 3.8) is 0 Å². The number of hydrogen-bond donors (Lipinski definition) is 0. The zero-order chi connectivity index (χ0) is 23.1. The molecule has 1 aromatic heterocycles. The summed E-state index contributed by atoms with van der Waals surface area (Å²) >= 11 is 1.60. The molecule has 0 spiro atoms. The number of aromatic nitrogens is 2. The standard InChI is InChI=1S/C24H33N3O4S/c1-24(2,3)31-23(29)27-15-13-18(14-16-27)17-9-11-19(12-10-17)22-26-25-20(32-22)7-5-6-8-21(28)30-4/h9-12,18H,5-8,13-16H2,1-4H3. The van der Waals surface area contributed by atoms with Gasteiger partial charge in [0, 0.05) is 31.5 Å². The third-order valence-corrected chi connectivity index (χ3v) is 6.52. The number of unbranched alkanes of at least 4 members (excludes halogenated alkanes) is 1. The second-order valence-corrected chi connectivity index (χ2v) is 10.2. The summed E-state index contributed by atoms with van der Waals surface area (Å²) < 4.78 is 10.1. The molecule has 1 amide bonds. The lowest BCUT2D eigenvalue weighted by Gasteiger charge is -2.33. The average Bonchev–Trinajstić information content (AvgIpc) is 3.24. The van der Waals surface area contributed by atoms with Gasteiger partial charge in [-0.3, -0.25) is 4.79 Å². The third kappa shape index (κ3) is 7.02. The van der Waals surface area contributed by atoms with Crippen LogP contribution in [0.5, 0.6) is 0 Å². The molecular formula is C24H33N3O4S. The predicted octanol–water partition coefficient (Wildman–Crippen LogP) is 5.21. The summed E-state index contributed by atoms with van der Waals surface area (Å²) in [7, 11) is 1.41. The minimum atomic E-state index is -0.461. The van der Waals surface area contributed by atoms with E-state index in [1.54, 1.807) is 11.3 Å². The fourth-order valence-electron chi connectivity index (χ4n) is 3.74. The Morgan fingerprint density at radius 2 is 1.78 bits per heavy atom. The van der Waals surface area contributed by atoms with E-state index < -0.39 is 5.60 Å². The number of amides is 1. The van der Waals surface area contributed by atoms with Gasteiger partial charge < -0.3 is 14.4 Å². The Bertz CT molecular complexity index is 897. The van der Waals surface area contributed by atoms with E-state index in [9.17, 15) is 9.59 Å². The number of hydrogen-bond acceptors (Lipinski definition) is 7. The molecule has 0 aliphatic carbocycles. The smallest absolute Gasteiger partial charge is 0.410 e. The van der Waals surface area contributed by atoms with Crippen molar-refractivity contribution in [3.8, 4) is 10.6 Å². The van der Waals surface area contributed by atoms with E-state index in [4.69, 9.17) is 4.74 Å². The van der Waals surface area contributed by atoms with E-state index >= 15 is 0 Å². The van der Waals surface area contributed by atoms with Crippen LogP contribution in [0.25, 0.3) is 10.6 Å². The van der Waals surface area contributed by atoms with Crippen molar-refractivity contribution in [2.24, 2.45) is 0 Å². The lowest BCUT2D eigenvalue weighted by molar-refractivity contribution is -0.140. The molecule has 32 heavy (non-hydrogen) atoms. The number of esters is 1. The number of piperidine rings is 1. The summed E-state index contributed by atoms with van der Waals surface area (Å²) in [5, 5.41) is 10.5. The van der Waals surface area contributed by atoms with Crippen LogP contribution in [0.2, 0.25) is 0 Å². The minimum Gasteiger partial charge on any atom is -0.469 e. The van der Waals surface area contributed by atoms with Crippen molar-refractivity contribution in [3.05, 3.63) is 34.8 Å². The summed E-state index contributed by atoms with van der Waals surface area (Å²) in [6.45, 7) is 7.12. The number of nitrogens with zero attached hydrogens (tertiary/aromatic N) is 3. The predicted molar refractivity (Wildman–Crippen MR) is 125 cm³/mol. The number of rotatable bonds is 7. The van der Waals surface area contributed by atoms with Crippen LogP contribution in [0.1, 0.15) is 69.4 Å². The first kappa shape index (κ1) is 24.2. The number of benzene rings is 1. The topological polar surface area (TPSA) is 81.6 Å². The van der Waals surface area contributed by atoms with Crippen LogP contribution in [-0.4, -0.2) is 53.0 Å². The van der Waals surface area contributed by atoms with Crippen LogP contribution in [-0.2, 0) is 20.7 Å². The number of methoxy groups -OCH3 is 1. The third-order valence-electron chi connectivity index (χ3n) is 5.49. The summed E-state index contributed by atoms with van der Waals surface area (Å²) in [6.07, 6.45) is 4.61. The Morgan fingerprint density at radius 3 is 2.41 bits per heavy atom. The molecule has 2 aromatic rings. The SMILES string of the molecule is COC(=O)CCCCc1nnc(-c2ccc(C3CCN(C(=O)OC(C)(C)C)CC3)cc2)s1. The maximum absolute atomic E-state index is 12.3. The zero-order valence-electron chi connectivity index (χ0n) is 19.4. The van der Waals surface area contributed by atoms with E-state index in [-0.39, 0.29) is 12.1 Å². The molecule has 1 saturated heterocycles. The molecule has 1 aliphatic heterocycles. The molecule has 0 radical (unpaired) electrons. The second-order valence-electron chi connectivity index (χ2n) is 9.15. The highest BCUT2D eigenvalue weighted by Gasteiger charge is 2.27. The van der Waals surface area contributed by atoms with Crippen molar-refractivity contribution in [2.45, 2.75) is 70.8 Å². The first-order valence-electron chi connectivity index (χ1n) is 11.2. The van der Waals surface area contributed by atoms with Crippen molar-refractivity contribution in [1.29, 1.82) is 0 Å². The normalized spacial score (nSPS) is 14.9. The van der Waals surface area contributed by atoms with Crippen LogP contribution in [0, 0.1) is 0 Å². The molecular weight excluding hydrogens is 426 g/mol. The van der Waals surface area contributed by atoms with Gasteiger partial charge in [0.1, 0.15) is 15.6 Å². The Kier molecular flexibility index (Phi) is 8.23. The van der Waals surface area contributed by atoms with Crippen molar-refractivity contribution in [2.75, 3.05) is 20.2 Å². The van der Waals surface area contributed by atoms with Gasteiger partial charge in [0.25, 0.3) is 0 Å². The number of likely N-dealkylation sites (tertiary alicyclic amines) is 1. The molecule has 0 saturated carbocycles. The molecule has 1 aromatic carbocycles. The van der Waals surface area contributed by atoms with E-state index in [1.807, 2.05) is 25.7 Å². The minimum absolute atomic E-state index is 0.168. The number of carbonyl (C=O) groups excluding carboxylic acids is 2. The van der Waals surface area contributed by atoms with Gasteiger partial charge in [0.05, 0.1) is 7.11 Å². The summed E-state index contributed by atoms with van der Waals surface area (Å²) in [5.74, 6) is 0.279. The Balaban J connectivity index is 1.49. The molecule has 1 fully saturated rings. The Hall–Kier alpha value is -2.48. The van der Waals surface area contributed by atoms with Crippen LogP contribution in [0.3, 0.4) is 0 Å². The largest absolute Gasteiger partial charge is 0.469 e. The zero-order valence-corrected chi connectivity index (χ0v) is 20.2. The molecule has 8 heteroatoms. The molecule has 7 nitrogen and oxygen atoms in total. The highest BCUT2D eigenvalue weighted by Crippen LogP contribution is 2.31. The van der Waals surface area contributed by atoms with Gasteiger partial charge in [0.15, 0.2) is 0 Å². The van der Waals surface area contributed by atoms with Crippen molar-refractivity contribution >= 4 is 23.4 Å². The second kappa shape index (κ2) is 10.9. The summed E-state index contributed by atoms with van der Waals surface area (Å²) in [6, 6.07) is 8.55. The van der Waals surface area contributed by atoms with Gasteiger partial charge >= 0.3 is 12.1 Å². The van der Waals surface area contributed by atoms with Crippen LogP contribution in [0.4, 0.5) is 4.79 Å². The first-order valence-corrected chi connectivity index (χ1v) is 12.0. The van der Waals surface area contributed by atoms with Crippen molar-refractivity contribution < 1.29 is 19.1 Å². The average molecular weight is 460 g/mol. The molecule has 0 N–H and O–H groups in total. The van der Waals surface area contributed by atoms with E-state index in [1.165, 1.54) is 12.7 Å².